The van der Waals surface area contributed by atoms with Gasteiger partial charge in [-0.15, -0.1) is 11.8 Å². The van der Waals surface area contributed by atoms with Gasteiger partial charge in [0, 0.05) is 24.5 Å². The molecule has 150 valence electrons. The number of ether oxygens (including phenoxy) is 1. The Kier molecular flexibility index (Phi) is 7.11. The van der Waals surface area contributed by atoms with Crippen molar-refractivity contribution in [3.05, 3.63) is 103 Å². The Labute approximate surface area is 191 Å². The monoisotopic (exact) mass is 446 g/mol. The topological polar surface area (TPSA) is 9.23 Å². The summed E-state index contributed by atoms with van der Waals surface area (Å²) in [6.07, 6.45) is 2.07. The van der Waals surface area contributed by atoms with Crippen molar-refractivity contribution in [2.24, 2.45) is 0 Å². The Bertz CT molecular complexity index is 1070. The number of hydrogen-bond acceptors (Lipinski definition) is 4. The van der Waals surface area contributed by atoms with Crippen LogP contribution in [0.5, 0.6) is 11.5 Å². The summed E-state index contributed by atoms with van der Waals surface area (Å²) in [6, 6.07) is 33.8. The van der Waals surface area contributed by atoms with Crippen LogP contribution in [0.25, 0.3) is 0 Å². The van der Waals surface area contributed by atoms with E-state index in [1.165, 1.54) is 30.0 Å². The first-order valence-corrected chi connectivity index (χ1v) is 12.5. The average molecular weight is 447 g/mol. The lowest BCUT2D eigenvalue weighted by atomic mass is 10.2. The van der Waals surface area contributed by atoms with E-state index in [0.29, 0.717) is 0 Å². The van der Waals surface area contributed by atoms with Gasteiger partial charge in [0.25, 0.3) is 0 Å². The highest BCUT2D eigenvalue weighted by atomic mass is 32.2. The molecule has 0 unspecified atom stereocenters. The van der Waals surface area contributed by atoms with Crippen molar-refractivity contribution in [2.45, 2.75) is 31.4 Å². The first kappa shape index (κ1) is 21.0. The average Bonchev–Trinajstić information content (AvgIpc) is 2.78. The highest BCUT2D eigenvalue weighted by molar-refractivity contribution is 7.99. The van der Waals surface area contributed by atoms with Gasteiger partial charge in [-0.3, -0.25) is 0 Å². The van der Waals surface area contributed by atoms with Crippen LogP contribution in [0.3, 0.4) is 0 Å². The minimum atomic E-state index is 0.848. The van der Waals surface area contributed by atoms with E-state index in [9.17, 15) is 0 Å². The van der Waals surface area contributed by atoms with Crippen LogP contribution in [0.4, 0.5) is 0 Å². The molecule has 0 radical (unpaired) electrons. The number of thioether (sulfide) groups is 1. The third-order valence-electron chi connectivity index (χ3n) is 4.43. The summed E-state index contributed by atoms with van der Waals surface area (Å²) in [7, 11) is 0. The fraction of sp³-hybridized carbons (Fsp3) is 0.0769. The minimum absolute atomic E-state index is 0.848. The number of rotatable bonds is 7. The third kappa shape index (κ3) is 5.88. The Morgan fingerprint density at radius 3 is 1.20 bits per heavy atom. The Morgan fingerprint density at radius 1 is 0.467 bits per heavy atom. The van der Waals surface area contributed by atoms with E-state index in [1.807, 2.05) is 24.3 Å². The van der Waals surface area contributed by atoms with Crippen molar-refractivity contribution in [3.63, 3.8) is 0 Å². The van der Waals surface area contributed by atoms with Gasteiger partial charge in [-0.2, -0.15) is 0 Å². The molecular weight excluding hydrogens is 424 g/mol. The molecule has 0 N–H and O–H groups in total. The minimum Gasteiger partial charge on any atom is -0.457 e. The third-order valence-corrected chi connectivity index (χ3v) is 7.21. The SMILES string of the molecule is CSc1ccc(Oc2ccc(Sc3ccc(Sc4ccc(C)cc4)cc3)cc2)cc1. The molecule has 0 spiro atoms. The molecule has 4 heteroatoms. The van der Waals surface area contributed by atoms with Gasteiger partial charge in [0.05, 0.1) is 0 Å². The summed E-state index contributed by atoms with van der Waals surface area (Å²) < 4.78 is 5.94. The van der Waals surface area contributed by atoms with E-state index >= 15 is 0 Å². The molecule has 0 fully saturated rings. The normalized spacial score (nSPS) is 10.7. The van der Waals surface area contributed by atoms with E-state index in [0.717, 1.165) is 11.5 Å². The second-order valence-corrected chi connectivity index (χ2v) is 9.91. The molecule has 0 aliphatic rings. The van der Waals surface area contributed by atoms with Gasteiger partial charge in [0.1, 0.15) is 11.5 Å². The van der Waals surface area contributed by atoms with Crippen LogP contribution in [0.2, 0.25) is 0 Å². The van der Waals surface area contributed by atoms with E-state index in [4.69, 9.17) is 4.74 Å². The molecule has 0 aromatic heterocycles. The second kappa shape index (κ2) is 10.2. The molecule has 0 aliphatic heterocycles. The molecule has 4 rings (SSSR count). The summed E-state index contributed by atoms with van der Waals surface area (Å²) in [5, 5.41) is 0. The van der Waals surface area contributed by atoms with Crippen LogP contribution < -0.4 is 4.74 Å². The maximum absolute atomic E-state index is 5.94. The lowest BCUT2D eigenvalue weighted by molar-refractivity contribution is 0.482. The first-order chi connectivity index (χ1) is 14.7. The molecule has 0 aliphatic carbocycles. The maximum atomic E-state index is 5.94. The molecule has 0 bridgehead atoms. The predicted molar refractivity (Wildman–Crippen MR) is 131 cm³/mol. The van der Waals surface area contributed by atoms with Gasteiger partial charge >= 0.3 is 0 Å². The molecule has 0 heterocycles. The van der Waals surface area contributed by atoms with Crippen LogP contribution in [0.15, 0.2) is 122 Å². The predicted octanol–water partition coefficient (Wildman–Crippen LogP) is 8.81. The summed E-state index contributed by atoms with van der Waals surface area (Å²) in [4.78, 5) is 6.17. The number of benzene rings is 4. The van der Waals surface area contributed by atoms with Gasteiger partial charge in [0.2, 0.25) is 0 Å². The molecular formula is C26H22OS3. The van der Waals surface area contributed by atoms with E-state index in [2.05, 4.69) is 86.0 Å². The van der Waals surface area contributed by atoms with Gasteiger partial charge in [-0.1, -0.05) is 41.2 Å². The molecule has 0 amide bonds. The zero-order chi connectivity index (χ0) is 20.8. The molecule has 0 atom stereocenters. The smallest absolute Gasteiger partial charge is 0.127 e. The summed E-state index contributed by atoms with van der Waals surface area (Å²) in [6.45, 7) is 2.11. The summed E-state index contributed by atoms with van der Waals surface area (Å²) in [5.74, 6) is 1.70. The second-order valence-electron chi connectivity index (χ2n) is 6.74. The van der Waals surface area contributed by atoms with E-state index < -0.39 is 0 Å². The highest BCUT2D eigenvalue weighted by Gasteiger charge is 2.02. The van der Waals surface area contributed by atoms with E-state index in [-0.39, 0.29) is 0 Å². The zero-order valence-corrected chi connectivity index (χ0v) is 19.3. The molecule has 0 saturated carbocycles. The Hall–Kier alpha value is -2.27. The van der Waals surface area contributed by atoms with Crippen LogP contribution >= 0.6 is 35.3 Å². The highest BCUT2D eigenvalue weighted by Crippen LogP contribution is 2.33. The quantitative estimate of drug-likeness (QED) is 0.262. The van der Waals surface area contributed by atoms with Gasteiger partial charge < -0.3 is 4.74 Å². The molecule has 4 aromatic rings. The van der Waals surface area contributed by atoms with Crippen LogP contribution in [-0.2, 0) is 0 Å². The molecule has 0 saturated heterocycles. The van der Waals surface area contributed by atoms with Crippen molar-refractivity contribution >= 4 is 35.3 Å². The van der Waals surface area contributed by atoms with Gasteiger partial charge in [0.15, 0.2) is 0 Å². The maximum Gasteiger partial charge on any atom is 0.127 e. The molecule has 30 heavy (non-hydrogen) atoms. The van der Waals surface area contributed by atoms with Crippen molar-refractivity contribution in [1.82, 2.24) is 0 Å². The molecule has 4 aromatic carbocycles. The zero-order valence-electron chi connectivity index (χ0n) is 16.9. The molecule has 1 nitrogen and oxygen atoms in total. The van der Waals surface area contributed by atoms with Crippen LogP contribution in [-0.4, -0.2) is 6.26 Å². The van der Waals surface area contributed by atoms with Crippen molar-refractivity contribution in [3.8, 4) is 11.5 Å². The van der Waals surface area contributed by atoms with Crippen LogP contribution in [0.1, 0.15) is 5.56 Å². The standard InChI is InChI=1S/C26H22OS3/c1-19-3-9-23(10-4-19)29-25-15-17-26(18-16-25)30-24-13-7-21(8-14-24)27-20-5-11-22(28-2)12-6-20/h3-18H,1-2H3. The Morgan fingerprint density at radius 2 is 0.800 bits per heavy atom. The van der Waals surface area contributed by atoms with Crippen molar-refractivity contribution in [1.29, 1.82) is 0 Å². The summed E-state index contributed by atoms with van der Waals surface area (Å²) >= 11 is 5.27. The van der Waals surface area contributed by atoms with Gasteiger partial charge in [-0.05, 0) is 98.1 Å². The van der Waals surface area contributed by atoms with Gasteiger partial charge in [-0.25, -0.2) is 0 Å². The fourth-order valence-corrected chi connectivity index (χ4v) is 4.85. The lowest BCUT2D eigenvalue weighted by Gasteiger charge is -2.08. The first-order valence-electron chi connectivity index (χ1n) is 9.62. The van der Waals surface area contributed by atoms with Crippen LogP contribution in [0, 0.1) is 6.92 Å². The number of hydrogen-bond donors (Lipinski definition) is 0. The van der Waals surface area contributed by atoms with E-state index in [1.54, 1.807) is 35.3 Å². The Balaban J connectivity index is 1.35. The lowest BCUT2D eigenvalue weighted by Crippen LogP contribution is -1.84. The fourth-order valence-electron chi connectivity index (χ4n) is 2.81. The summed E-state index contributed by atoms with van der Waals surface area (Å²) in [5.41, 5.74) is 1.29. The van der Waals surface area contributed by atoms with Crippen molar-refractivity contribution < 1.29 is 4.74 Å². The van der Waals surface area contributed by atoms with Crippen molar-refractivity contribution in [2.75, 3.05) is 6.26 Å². The number of aryl methyl sites for hydroxylation is 1. The largest absolute Gasteiger partial charge is 0.457 e.